The molecule has 0 amide bonds. The molecule has 9 heteroatoms. The Balaban J connectivity index is 0. The van der Waals surface area contributed by atoms with Crippen molar-refractivity contribution in [3.05, 3.63) is 0 Å². The molecule has 0 aliphatic carbocycles. The van der Waals surface area contributed by atoms with Crippen molar-refractivity contribution in [2.24, 2.45) is 0 Å². The third kappa shape index (κ3) is 11.8. The van der Waals surface area contributed by atoms with Gasteiger partial charge in [-0.05, 0) is 19.3 Å². The van der Waals surface area contributed by atoms with Crippen molar-refractivity contribution in [2.45, 2.75) is 50.2 Å². The van der Waals surface area contributed by atoms with Gasteiger partial charge in [-0.25, -0.2) is 12.8 Å². The van der Waals surface area contributed by atoms with Crippen LogP contribution in [0.4, 0.5) is 17.6 Å². The number of hydrogen-bond donors (Lipinski definition) is 1. The summed E-state index contributed by atoms with van der Waals surface area (Å²) in [4.78, 5) is 0. The second kappa shape index (κ2) is 7.83. The molecule has 0 saturated heterocycles. The summed E-state index contributed by atoms with van der Waals surface area (Å²) in [7, 11) is -4.92. The zero-order valence-corrected chi connectivity index (χ0v) is 10.3. The summed E-state index contributed by atoms with van der Waals surface area (Å²) in [5.41, 5.74) is -2.45. The van der Waals surface area contributed by atoms with E-state index in [0.29, 0.717) is 0 Å². The van der Waals surface area contributed by atoms with E-state index in [4.69, 9.17) is 0 Å². The minimum absolute atomic E-state index is 0. The highest BCUT2D eigenvalue weighted by Gasteiger charge is 2.25. The van der Waals surface area contributed by atoms with Crippen LogP contribution in [0.5, 0.6) is 0 Å². The van der Waals surface area contributed by atoms with Gasteiger partial charge < -0.3 is 10.7 Å². The van der Waals surface area contributed by atoms with Crippen LogP contribution in [0.2, 0.25) is 0 Å². The van der Waals surface area contributed by atoms with Gasteiger partial charge in [0, 0.05) is 6.42 Å². The molecular formula is C8H17F4NO3S. The lowest BCUT2D eigenvalue weighted by Crippen LogP contribution is -2.14. The largest absolute Gasteiger partial charge is 0.746 e. The van der Waals surface area contributed by atoms with Crippen LogP contribution < -0.4 is 6.15 Å². The molecule has 4 nitrogen and oxygen atoms in total. The molecule has 1 atom stereocenters. The van der Waals surface area contributed by atoms with Crippen LogP contribution in [0, 0.1) is 0 Å². The monoisotopic (exact) mass is 283 g/mol. The van der Waals surface area contributed by atoms with E-state index < -0.39 is 34.6 Å². The van der Waals surface area contributed by atoms with Crippen molar-refractivity contribution in [1.82, 2.24) is 6.15 Å². The van der Waals surface area contributed by atoms with Crippen LogP contribution in [0.15, 0.2) is 0 Å². The number of alkyl halides is 4. The molecule has 0 aromatic carbocycles. The summed E-state index contributed by atoms with van der Waals surface area (Å²) in [5, 5.41) is 0. The van der Waals surface area contributed by atoms with Crippen LogP contribution >= 0.6 is 0 Å². The van der Waals surface area contributed by atoms with Crippen molar-refractivity contribution in [2.75, 3.05) is 0 Å². The van der Waals surface area contributed by atoms with Gasteiger partial charge in [-0.3, -0.25) is 0 Å². The molecular weight excluding hydrogens is 266 g/mol. The average molecular weight is 283 g/mol. The molecule has 0 aliphatic rings. The Morgan fingerprint density at radius 1 is 1.06 bits per heavy atom. The summed E-state index contributed by atoms with van der Waals surface area (Å²) in [5.74, 6) is 0. The summed E-state index contributed by atoms with van der Waals surface area (Å²) >= 11 is 0. The van der Waals surface area contributed by atoms with Gasteiger partial charge in [-0.2, -0.15) is 13.2 Å². The molecule has 106 valence electrons. The zero-order valence-electron chi connectivity index (χ0n) is 9.46. The van der Waals surface area contributed by atoms with Crippen LogP contribution in [-0.4, -0.2) is 24.7 Å². The second-order valence-electron chi connectivity index (χ2n) is 3.47. The third-order valence-electron chi connectivity index (χ3n) is 1.95. The lowest BCUT2D eigenvalue weighted by atomic mass is 10.1. The number of unbranched alkanes of at least 4 members (excludes halogenated alkanes) is 3. The lowest BCUT2D eigenvalue weighted by molar-refractivity contribution is -0.135. The molecule has 4 N–H and O–H groups in total. The molecule has 0 spiro atoms. The molecule has 0 bridgehead atoms. The molecule has 0 heterocycles. The van der Waals surface area contributed by atoms with E-state index in [9.17, 15) is 30.5 Å². The summed E-state index contributed by atoms with van der Waals surface area (Å²) < 4.78 is 77.8. The van der Waals surface area contributed by atoms with Gasteiger partial charge in [-0.15, -0.1) is 0 Å². The van der Waals surface area contributed by atoms with E-state index in [2.05, 4.69) is 0 Å². The van der Waals surface area contributed by atoms with Crippen LogP contribution in [0.25, 0.3) is 0 Å². The van der Waals surface area contributed by atoms with Crippen molar-refractivity contribution < 1.29 is 30.5 Å². The first-order chi connectivity index (χ1) is 7.13. The summed E-state index contributed by atoms with van der Waals surface area (Å²) in [6.45, 7) is 0. The number of quaternary nitrogens is 1. The van der Waals surface area contributed by atoms with Gasteiger partial charge in [-0.1, -0.05) is 12.8 Å². The van der Waals surface area contributed by atoms with Crippen molar-refractivity contribution in [1.29, 1.82) is 0 Å². The molecule has 0 aromatic rings. The Morgan fingerprint density at radius 2 is 1.53 bits per heavy atom. The highest BCUT2D eigenvalue weighted by atomic mass is 32.2. The fraction of sp³-hybridized carbons (Fsp3) is 1.00. The predicted octanol–water partition coefficient (Wildman–Crippen LogP) is 3.11. The van der Waals surface area contributed by atoms with E-state index >= 15 is 0 Å². The molecule has 0 saturated carbocycles. The van der Waals surface area contributed by atoms with Crippen molar-refractivity contribution >= 4 is 10.1 Å². The first-order valence-electron chi connectivity index (χ1n) is 4.78. The fourth-order valence-electron chi connectivity index (χ4n) is 1.13. The third-order valence-corrected chi connectivity index (χ3v) is 2.82. The standard InChI is InChI=1S/C8H14F4O3S.H3N/c9-7(16(13,14)15)5-3-1-2-4-6-8(10,11)12;/h7H,1-6H2,(H,13,14,15);1H3. The number of halogens is 4. The quantitative estimate of drug-likeness (QED) is 0.442. The van der Waals surface area contributed by atoms with Crippen LogP contribution in [-0.2, 0) is 10.1 Å². The normalized spacial score (nSPS) is 14.2. The maximum atomic E-state index is 12.5. The Kier molecular flexibility index (Phi) is 8.72. The van der Waals surface area contributed by atoms with Gasteiger partial charge in [0.1, 0.15) is 10.1 Å². The van der Waals surface area contributed by atoms with Gasteiger partial charge in [0.15, 0.2) is 5.50 Å². The smallest absolute Gasteiger partial charge is 0.389 e. The molecule has 0 aromatic heterocycles. The zero-order chi connectivity index (χ0) is 12.8. The average Bonchev–Trinajstić information content (AvgIpc) is 2.07. The Bertz CT molecular complexity index is 292. The Hall–Kier alpha value is -0.410. The van der Waals surface area contributed by atoms with Gasteiger partial charge in [0.25, 0.3) is 0 Å². The molecule has 1 unspecified atom stereocenters. The summed E-state index contributed by atoms with van der Waals surface area (Å²) in [6.07, 6.45) is -4.98. The SMILES string of the molecule is O=S(=O)([O-])C(F)CCCCCCC(F)(F)F.[NH4+]. The van der Waals surface area contributed by atoms with E-state index in [1.54, 1.807) is 0 Å². The number of hydrogen-bond acceptors (Lipinski definition) is 3. The maximum Gasteiger partial charge on any atom is 0.389 e. The van der Waals surface area contributed by atoms with Crippen LogP contribution in [0.3, 0.4) is 0 Å². The van der Waals surface area contributed by atoms with Crippen molar-refractivity contribution in [3.8, 4) is 0 Å². The molecule has 0 rings (SSSR count). The van der Waals surface area contributed by atoms with Crippen LogP contribution in [0.1, 0.15) is 38.5 Å². The molecule has 0 fully saturated rings. The minimum atomic E-state index is -4.92. The van der Waals surface area contributed by atoms with E-state index in [0.717, 1.165) is 0 Å². The summed E-state index contributed by atoms with van der Waals surface area (Å²) in [6, 6.07) is 0. The topological polar surface area (TPSA) is 93.7 Å². The number of rotatable bonds is 7. The van der Waals surface area contributed by atoms with E-state index in [1.807, 2.05) is 0 Å². The highest BCUT2D eigenvalue weighted by molar-refractivity contribution is 7.86. The highest BCUT2D eigenvalue weighted by Crippen LogP contribution is 2.23. The maximum absolute atomic E-state index is 12.5. The minimum Gasteiger partial charge on any atom is -0.746 e. The second-order valence-corrected chi connectivity index (χ2v) is 4.97. The Labute approximate surface area is 97.7 Å². The first kappa shape index (κ1) is 18.9. The van der Waals surface area contributed by atoms with Gasteiger partial charge in [0.05, 0.1) is 0 Å². The molecule has 17 heavy (non-hydrogen) atoms. The molecule has 0 aliphatic heterocycles. The van der Waals surface area contributed by atoms with E-state index in [-0.39, 0.29) is 31.8 Å². The lowest BCUT2D eigenvalue weighted by Gasteiger charge is -2.12. The first-order valence-corrected chi connectivity index (χ1v) is 6.25. The van der Waals surface area contributed by atoms with Gasteiger partial charge >= 0.3 is 6.18 Å². The van der Waals surface area contributed by atoms with Gasteiger partial charge in [0.2, 0.25) is 0 Å². The Morgan fingerprint density at radius 3 is 1.94 bits per heavy atom. The molecule has 0 radical (unpaired) electrons. The fourth-order valence-corrected chi connectivity index (χ4v) is 1.58. The predicted molar refractivity (Wildman–Crippen MR) is 54.3 cm³/mol. The van der Waals surface area contributed by atoms with Crippen molar-refractivity contribution in [3.63, 3.8) is 0 Å². The van der Waals surface area contributed by atoms with E-state index in [1.165, 1.54) is 0 Å².